The summed E-state index contributed by atoms with van der Waals surface area (Å²) in [6.45, 7) is 5.41. The minimum absolute atomic E-state index is 0.222. The molecule has 1 saturated heterocycles. The molecule has 0 amide bonds. The summed E-state index contributed by atoms with van der Waals surface area (Å²) in [5.41, 5.74) is 0.915. The number of aliphatic hydroxyl groups excluding tert-OH is 1. The molecule has 0 radical (unpaired) electrons. The van der Waals surface area contributed by atoms with Crippen molar-refractivity contribution in [2.75, 3.05) is 18.0 Å². The standard InChI is InChI=1S/C10H11ClN4O.C2H6/c11-10-12-9(14-5-3-7(16)6-14)8-2-1-4-15(8)13-10;1-2/h1-2,4,7,16H,3,5-6H2;1-2H3. The zero-order valence-electron chi connectivity index (χ0n) is 10.5. The van der Waals surface area contributed by atoms with Gasteiger partial charge in [0.25, 0.3) is 0 Å². The zero-order valence-corrected chi connectivity index (χ0v) is 11.3. The first kappa shape index (κ1) is 13.1. The lowest BCUT2D eigenvalue weighted by Gasteiger charge is -2.17. The van der Waals surface area contributed by atoms with Crippen LogP contribution in [0.2, 0.25) is 5.28 Å². The summed E-state index contributed by atoms with van der Waals surface area (Å²) in [4.78, 5) is 6.27. The Morgan fingerprint density at radius 3 is 2.89 bits per heavy atom. The molecule has 2 aromatic rings. The molecule has 6 heteroatoms. The molecule has 2 aromatic heterocycles. The van der Waals surface area contributed by atoms with E-state index in [1.165, 1.54) is 0 Å². The van der Waals surface area contributed by atoms with Gasteiger partial charge in [0.2, 0.25) is 5.28 Å². The number of β-amino-alcohol motifs (C(OH)–C–C–N with tert-alkyl or cyclic N) is 1. The average molecular weight is 269 g/mol. The fourth-order valence-electron chi connectivity index (χ4n) is 2.06. The molecule has 1 atom stereocenters. The summed E-state index contributed by atoms with van der Waals surface area (Å²) in [5, 5.41) is 13.8. The van der Waals surface area contributed by atoms with Gasteiger partial charge in [0, 0.05) is 19.3 Å². The number of anilines is 1. The van der Waals surface area contributed by atoms with Crippen LogP contribution in [0.1, 0.15) is 20.3 Å². The van der Waals surface area contributed by atoms with Crippen LogP contribution in [0.15, 0.2) is 18.3 Å². The van der Waals surface area contributed by atoms with E-state index >= 15 is 0 Å². The zero-order chi connectivity index (χ0) is 13.1. The fourth-order valence-corrected chi connectivity index (χ4v) is 2.22. The van der Waals surface area contributed by atoms with Crippen LogP contribution < -0.4 is 4.90 Å². The molecule has 0 spiro atoms. The molecular formula is C12H17ClN4O. The Hall–Kier alpha value is -1.33. The van der Waals surface area contributed by atoms with Crippen LogP contribution in [0, 0.1) is 0 Å². The SMILES string of the molecule is CC.OC1CCN(c2nc(Cl)nn3cccc23)C1. The highest BCUT2D eigenvalue weighted by atomic mass is 35.5. The van der Waals surface area contributed by atoms with Gasteiger partial charge >= 0.3 is 0 Å². The topological polar surface area (TPSA) is 53.7 Å². The van der Waals surface area contributed by atoms with Crippen LogP contribution in [0.3, 0.4) is 0 Å². The lowest BCUT2D eigenvalue weighted by Crippen LogP contribution is -2.23. The van der Waals surface area contributed by atoms with Crippen LogP contribution in [0.5, 0.6) is 0 Å². The molecular weight excluding hydrogens is 252 g/mol. The molecule has 0 aromatic carbocycles. The molecule has 0 aliphatic carbocycles. The molecule has 1 aliphatic rings. The molecule has 98 valence electrons. The van der Waals surface area contributed by atoms with E-state index in [0.29, 0.717) is 6.54 Å². The minimum atomic E-state index is -0.274. The van der Waals surface area contributed by atoms with Crippen molar-refractivity contribution in [3.05, 3.63) is 23.6 Å². The maximum Gasteiger partial charge on any atom is 0.243 e. The maximum absolute atomic E-state index is 9.53. The van der Waals surface area contributed by atoms with Gasteiger partial charge in [-0.3, -0.25) is 0 Å². The third-order valence-electron chi connectivity index (χ3n) is 2.81. The molecule has 1 aliphatic heterocycles. The van der Waals surface area contributed by atoms with Gasteiger partial charge in [-0.25, -0.2) is 4.52 Å². The second-order valence-corrected chi connectivity index (χ2v) is 4.27. The summed E-state index contributed by atoms with van der Waals surface area (Å²) in [6, 6.07) is 3.84. The third kappa shape index (κ3) is 2.42. The first-order chi connectivity index (χ1) is 8.74. The molecule has 0 bridgehead atoms. The largest absolute Gasteiger partial charge is 0.391 e. The number of nitrogens with zero attached hydrogens (tertiary/aromatic N) is 4. The first-order valence-corrected chi connectivity index (χ1v) is 6.56. The van der Waals surface area contributed by atoms with E-state index in [4.69, 9.17) is 11.6 Å². The van der Waals surface area contributed by atoms with Crippen LogP contribution in [-0.2, 0) is 0 Å². The number of hydrogen-bond donors (Lipinski definition) is 1. The van der Waals surface area contributed by atoms with Crippen molar-refractivity contribution in [2.24, 2.45) is 0 Å². The van der Waals surface area contributed by atoms with Gasteiger partial charge in [-0.05, 0) is 30.2 Å². The van der Waals surface area contributed by atoms with E-state index in [0.717, 1.165) is 24.3 Å². The van der Waals surface area contributed by atoms with E-state index < -0.39 is 0 Å². The van der Waals surface area contributed by atoms with Crippen molar-refractivity contribution in [1.29, 1.82) is 0 Å². The number of halogens is 1. The van der Waals surface area contributed by atoms with Gasteiger partial charge in [0.05, 0.1) is 6.10 Å². The third-order valence-corrected chi connectivity index (χ3v) is 2.97. The van der Waals surface area contributed by atoms with Crippen molar-refractivity contribution >= 4 is 22.9 Å². The van der Waals surface area contributed by atoms with Crippen molar-refractivity contribution in [1.82, 2.24) is 14.6 Å². The molecule has 1 fully saturated rings. The van der Waals surface area contributed by atoms with Gasteiger partial charge in [0.15, 0.2) is 5.82 Å². The number of fused-ring (bicyclic) bond motifs is 1. The number of hydrogen-bond acceptors (Lipinski definition) is 4. The number of aliphatic hydroxyl groups is 1. The van der Waals surface area contributed by atoms with Crippen LogP contribution in [0.25, 0.3) is 5.52 Å². The second-order valence-electron chi connectivity index (χ2n) is 3.93. The van der Waals surface area contributed by atoms with Crippen molar-refractivity contribution in [3.63, 3.8) is 0 Å². The van der Waals surface area contributed by atoms with Crippen molar-refractivity contribution in [3.8, 4) is 0 Å². The monoisotopic (exact) mass is 268 g/mol. The highest BCUT2D eigenvalue weighted by molar-refractivity contribution is 6.28. The van der Waals surface area contributed by atoms with E-state index in [1.54, 1.807) is 4.52 Å². The lowest BCUT2D eigenvalue weighted by atomic mass is 10.3. The molecule has 5 nitrogen and oxygen atoms in total. The van der Waals surface area contributed by atoms with Crippen molar-refractivity contribution < 1.29 is 5.11 Å². The number of aromatic nitrogens is 3. The van der Waals surface area contributed by atoms with Gasteiger partial charge in [0.1, 0.15) is 5.52 Å². The average Bonchev–Trinajstić information content (AvgIpc) is 2.99. The Morgan fingerprint density at radius 1 is 1.44 bits per heavy atom. The molecule has 18 heavy (non-hydrogen) atoms. The van der Waals surface area contributed by atoms with Gasteiger partial charge in [-0.1, -0.05) is 13.8 Å². The van der Waals surface area contributed by atoms with E-state index in [1.807, 2.05) is 37.1 Å². The summed E-state index contributed by atoms with van der Waals surface area (Å²) < 4.78 is 1.70. The van der Waals surface area contributed by atoms with Crippen LogP contribution in [-0.4, -0.2) is 38.9 Å². The molecule has 0 saturated carbocycles. The summed E-state index contributed by atoms with van der Waals surface area (Å²) >= 11 is 5.86. The number of rotatable bonds is 1. The van der Waals surface area contributed by atoms with Crippen LogP contribution >= 0.6 is 11.6 Å². The van der Waals surface area contributed by atoms with E-state index in [-0.39, 0.29) is 11.4 Å². The Balaban J connectivity index is 0.000000574. The normalized spacial score (nSPS) is 18.9. The molecule has 3 rings (SSSR count). The molecule has 3 heterocycles. The minimum Gasteiger partial charge on any atom is -0.391 e. The fraction of sp³-hybridized carbons (Fsp3) is 0.500. The molecule has 1 N–H and O–H groups in total. The molecule has 1 unspecified atom stereocenters. The lowest BCUT2D eigenvalue weighted by molar-refractivity contribution is 0.198. The predicted molar refractivity (Wildman–Crippen MR) is 72.2 cm³/mol. The van der Waals surface area contributed by atoms with E-state index in [9.17, 15) is 5.11 Å². The summed E-state index contributed by atoms with van der Waals surface area (Å²) in [6.07, 6.45) is 2.33. The van der Waals surface area contributed by atoms with Gasteiger partial charge in [-0.15, -0.1) is 5.10 Å². The predicted octanol–water partition coefficient (Wildman–Crippen LogP) is 1.98. The van der Waals surface area contributed by atoms with Crippen LogP contribution in [0.4, 0.5) is 5.82 Å². The smallest absolute Gasteiger partial charge is 0.243 e. The van der Waals surface area contributed by atoms with Gasteiger partial charge in [-0.2, -0.15) is 4.98 Å². The van der Waals surface area contributed by atoms with Crippen molar-refractivity contribution in [2.45, 2.75) is 26.4 Å². The van der Waals surface area contributed by atoms with E-state index in [2.05, 4.69) is 10.1 Å². The second kappa shape index (κ2) is 5.54. The Kier molecular flexibility index (Phi) is 4.04. The van der Waals surface area contributed by atoms with Gasteiger partial charge < -0.3 is 10.0 Å². The maximum atomic E-state index is 9.53. The quantitative estimate of drug-likeness (QED) is 0.859. The summed E-state index contributed by atoms with van der Waals surface area (Å²) in [5.74, 6) is 0.793. The summed E-state index contributed by atoms with van der Waals surface area (Å²) in [7, 11) is 0. The Labute approximate surface area is 111 Å². The highest BCUT2D eigenvalue weighted by Gasteiger charge is 2.23. The first-order valence-electron chi connectivity index (χ1n) is 6.18. The highest BCUT2D eigenvalue weighted by Crippen LogP contribution is 2.24. The Bertz CT molecular complexity index is 528. The Morgan fingerprint density at radius 2 is 2.22 bits per heavy atom.